The van der Waals surface area contributed by atoms with Gasteiger partial charge in [0.25, 0.3) is 0 Å². The number of urea groups is 1. The van der Waals surface area contributed by atoms with Gasteiger partial charge in [0.15, 0.2) is 5.65 Å². The topological polar surface area (TPSA) is 71.3 Å². The Balaban J connectivity index is 2.07. The fourth-order valence-electron chi connectivity index (χ4n) is 2.20. The van der Waals surface area contributed by atoms with E-state index in [4.69, 9.17) is 0 Å². The van der Waals surface area contributed by atoms with Crippen molar-refractivity contribution in [1.82, 2.24) is 19.9 Å². The molecule has 0 radical (unpaired) electrons. The first-order valence-corrected chi connectivity index (χ1v) is 8.01. The molecule has 2 aromatic heterocycles. The molecule has 0 bridgehead atoms. The molecule has 0 saturated carbocycles. The van der Waals surface area contributed by atoms with Gasteiger partial charge in [-0.25, -0.2) is 9.78 Å². The first-order valence-electron chi connectivity index (χ1n) is 7.22. The van der Waals surface area contributed by atoms with Gasteiger partial charge in [-0.15, -0.1) is 0 Å². The maximum absolute atomic E-state index is 12.0. The summed E-state index contributed by atoms with van der Waals surface area (Å²) in [6, 6.07) is 11.4. The van der Waals surface area contributed by atoms with Gasteiger partial charge in [0.2, 0.25) is 0 Å². The Morgan fingerprint density at radius 3 is 2.70 bits per heavy atom. The maximum Gasteiger partial charge on any atom is 0.320 e. The summed E-state index contributed by atoms with van der Waals surface area (Å²) in [5, 5.41) is 9.88. The van der Waals surface area contributed by atoms with Gasteiger partial charge in [-0.2, -0.15) is 9.61 Å². The number of aromatic nitrogens is 3. The summed E-state index contributed by atoms with van der Waals surface area (Å²) in [5.41, 5.74) is 2.38. The van der Waals surface area contributed by atoms with Crippen molar-refractivity contribution in [2.45, 2.75) is 19.9 Å². The average molecular weight is 374 g/mol. The summed E-state index contributed by atoms with van der Waals surface area (Å²) in [6.07, 6.45) is 1.66. The minimum atomic E-state index is -0.280. The summed E-state index contributed by atoms with van der Waals surface area (Å²) < 4.78 is 2.36. The van der Waals surface area contributed by atoms with Crippen LogP contribution in [0.2, 0.25) is 0 Å². The Kier molecular flexibility index (Phi) is 4.29. The van der Waals surface area contributed by atoms with Crippen molar-refractivity contribution in [1.29, 1.82) is 0 Å². The molecule has 0 spiro atoms. The molecular weight excluding hydrogens is 358 g/mol. The molecule has 2 amide bonds. The third kappa shape index (κ3) is 3.34. The minimum Gasteiger partial charge on any atom is -0.336 e. The molecule has 0 unspecified atom stereocenters. The van der Waals surface area contributed by atoms with Gasteiger partial charge in [-0.3, -0.25) is 5.32 Å². The number of nitrogens with one attached hydrogen (secondary N) is 2. The van der Waals surface area contributed by atoms with Gasteiger partial charge in [0.1, 0.15) is 5.82 Å². The number of rotatable bonds is 3. The van der Waals surface area contributed by atoms with E-state index in [1.165, 1.54) is 0 Å². The van der Waals surface area contributed by atoms with E-state index in [0.717, 1.165) is 15.7 Å². The van der Waals surface area contributed by atoms with Crippen LogP contribution in [0, 0.1) is 0 Å². The Hall–Kier alpha value is -2.41. The van der Waals surface area contributed by atoms with E-state index in [1.807, 2.05) is 50.2 Å². The van der Waals surface area contributed by atoms with Crippen LogP contribution in [0.5, 0.6) is 0 Å². The lowest BCUT2D eigenvalue weighted by Gasteiger charge is -2.12. The molecule has 0 fully saturated rings. The van der Waals surface area contributed by atoms with E-state index in [0.29, 0.717) is 11.5 Å². The van der Waals surface area contributed by atoms with Crippen LogP contribution in [0.1, 0.15) is 13.8 Å². The summed E-state index contributed by atoms with van der Waals surface area (Å²) in [7, 11) is 0. The number of carbonyl (C=O) groups is 1. The highest BCUT2D eigenvalue weighted by Crippen LogP contribution is 2.25. The van der Waals surface area contributed by atoms with Gasteiger partial charge in [0, 0.05) is 17.7 Å². The predicted octanol–water partition coefficient (Wildman–Crippen LogP) is 3.69. The molecule has 2 heterocycles. The lowest BCUT2D eigenvalue weighted by molar-refractivity contribution is 0.250. The van der Waals surface area contributed by atoms with Crippen LogP contribution >= 0.6 is 15.9 Å². The van der Waals surface area contributed by atoms with Crippen molar-refractivity contribution in [3.8, 4) is 11.3 Å². The second-order valence-corrected chi connectivity index (χ2v) is 6.23. The van der Waals surface area contributed by atoms with Crippen molar-refractivity contribution >= 4 is 33.4 Å². The molecule has 0 aliphatic heterocycles. The Morgan fingerprint density at radius 1 is 1.26 bits per heavy atom. The van der Waals surface area contributed by atoms with Gasteiger partial charge >= 0.3 is 6.03 Å². The summed E-state index contributed by atoms with van der Waals surface area (Å²) >= 11 is 3.44. The largest absolute Gasteiger partial charge is 0.336 e. The average Bonchev–Trinajstić information content (AvgIpc) is 2.89. The lowest BCUT2D eigenvalue weighted by atomic mass is 10.1. The first-order chi connectivity index (χ1) is 11.0. The molecule has 0 atom stereocenters. The van der Waals surface area contributed by atoms with Crippen LogP contribution in [0.3, 0.4) is 0 Å². The second-order valence-electron chi connectivity index (χ2n) is 5.37. The Bertz CT molecular complexity index is 844. The Morgan fingerprint density at radius 2 is 2.00 bits per heavy atom. The van der Waals surface area contributed by atoms with E-state index < -0.39 is 0 Å². The van der Waals surface area contributed by atoms with Crippen LogP contribution in [0.15, 0.2) is 47.1 Å². The number of anilines is 1. The monoisotopic (exact) mass is 373 g/mol. The number of halogens is 1. The normalized spacial score (nSPS) is 11.0. The highest BCUT2D eigenvalue weighted by atomic mass is 79.9. The third-order valence-corrected chi connectivity index (χ3v) is 3.72. The zero-order valence-electron chi connectivity index (χ0n) is 12.7. The number of nitrogens with zero attached hydrogens (tertiary/aromatic N) is 3. The lowest BCUT2D eigenvalue weighted by Crippen LogP contribution is -2.34. The zero-order valence-corrected chi connectivity index (χ0v) is 14.3. The van der Waals surface area contributed by atoms with Crippen molar-refractivity contribution in [3.63, 3.8) is 0 Å². The predicted molar refractivity (Wildman–Crippen MR) is 93.4 cm³/mol. The zero-order chi connectivity index (χ0) is 16.4. The molecule has 0 aliphatic carbocycles. The fourth-order valence-corrected chi connectivity index (χ4v) is 2.54. The van der Waals surface area contributed by atoms with E-state index in [-0.39, 0.29) is 12.1 Å². The molecule has 6 nitrogen and oxygen atoms in total. The molecule has 0 aliphatic rings. The van der Waals surface area contributed by atoms with Gasteiger partial charge in [-0.1, -0.05) is 30.3 Å². The summed E-state index contributed by atoms with van der Waals surface area (Å²) in [6.45, 7) is 3.81. The second kappa shape index (κ2) is 6.37. The standard InChI is InChI=1S/C16H16BrN5O/c1-10(2)19-16(23)21-14-8-13(11-6-4-3-5-7-11)20-15-12(17)9-18-22(14)15/h3-10H,1-2H3,(H2,19,21,23). The van der Waals surface area contributed by atoms with Crippen molar-refractivity contribution in [2.24, 2.45) is 0 Å². The number of amides is 2. The number of carbonyl (C=O) groups excluding carboxylic acids is 1. The van der Waals surface area contributed by atoms with Crippen molar-refractivity contribution < 1.29 is 4.79 Å². The molecule has 0 saturated heterocycles. The minimum absolute atomic E-state index is 0.0466. The van der Waals surface area contributed by atoms with Crippen LogP contribution in [0.25, 0.3) is 16.9 Å². The third-order valence-electron chi connectivity index (χ3n) is 3.16. The van der Waals surface area contributed by atoms with E-state index in [1.54, 1.807) is 10.7 Å². The molecule has 3 rings (SSSR count). The van der Waals surface area contributed by atoms with Crippen LogP contribution in [-0.2, 0) is 0 Å². The van der Waals surface area contributed by atoms with E-state index in [2.05, 4.69) is 36.6 Å². The summed E-state index contributed by atoms with van der Waals surface area (Å²) in [4.78, 5) is 16.6. The molecular formula is C16H16BrN5O. The molecule has 2 N–H and O–H groups in total. The first kappa shape index (κ1) is 15.5. The van der Waals surface area contributed by atoms with Gasteiger partial charge in [-0.05, 0) is 29.8 Å². The van der Waals surface area contributed by atoms with Gasteiger partial charge in [0.05, 0.1) is 16.4 Å². The molecule has 118 valence electrons. The fraction of sp³-hybridized carbons (Fsp3) is 0.188. The number of hydrogen-bond acceptors (Lipinski definition) is 3. The number of hydrogen-bond donors (Lipinski definition) is 2. The SMILES string of the molecule is CC(C)NC(=O)Nc1cc(-c2ccccc2)nc2c(Br)cnn12. The van der Waals surface area contributed by atoms with E-state index >= 15 is 0 Å². The van der Waals surface area contributed by atoms with Crippen LogP contribution in [0.4, 0.5) is 10.6 Å². The highest BCUT2D eigenvalue weighted by molar-refractivity contribution is 9.10. The maximum atomic E-state index is 12.0. The van der Waals surface area contributed by atoms with Crippen molar-refractivity contribution in [3.05, 3.63) is 47.1 Å². The molecule has 1 aromatic carbocycles. The number of benzene rings is 1. The molecule has 7 heteroatoms. The molecule has 23 heavy (non-hydrogen) atoms. The summed E-state index contributed by atoms with van der Waals surface area (Å²) in [5.74, 6) is 0.553. The molecule has 3 aromatic rings. The smallest absolute Gasteiger partial charge is 0.320 e. The van der Waals surface area contributed by atoms with Crippen LogP contribution in [-0.4, -0.2) is 26.7 Å². The highest BCUT2D eigenvalue weighted by Gasteiger charge is 2.13. The van der Waals surface area contributed by atoms with Crippen LogP contribution < -0.4 is 10.6 Å². The quantitative estimate of drug-likeness (QED) is 0.735. The number of fused-ring (bicyclic) bond motifs is 1. The van der Waals surface area contributed by atoms with Crippen molar-refractivity contribution in [2.75, 3.05) is 5.32 Å². The van der Waals surface area contributed by atoms with E-state index in [9.17, 15) is 4.79 Å². The Labute approximate surface area is 142 Å². The van der Waals surface area contributed by atoms with Gasteiger partial charge < -0.3 is 5.32 Å².